The Hall–Kier alpha value is -0.530. The molecule has 0 aromatic heterocycles. The molecule has 0 unspecified atom stereocenters. The lowest BCUT2D eigenvalue weighted by molar-refractivity contribution is 0.235. The predicted octanol–water partition coefficient (Wildman–Crippen LogP) is 0.554. The van der Waals surface area contributed by atoms with Crippen LogP contribution in [0.2, 0.25) is 0 Å². The van der Waals surface area contributed by atoms with Gasteiger partial charge in [-0.25, -0.2) is 0 Å². The van der Waals surface area contributed by atoms with Gasteiger partial charge in [0.15, 0.2) is 6.61 Å². The highest BCUT2D eigenvalue weighted by molar-refractivity contribution is 5.58. The van der Waals surface area contributed by atoms with E-state index in [1.54, 1.807) is 12.8 Å². The fourth-order valence-electron chi connectivity index (χ4n) is 0.215. The second-order valence-electron chi connectivity index (χ2n) is 0.796. The summed E-state index contributed by atoms with van der Waals surface area (Å²) in [5.41, 5.74) is 0. The molecule has 0 amide bonds. The third kappa shape index (κ3) is 0.375. The number of rotatable bonds is 0. The van der Waals surface area contributed by atoms with Crippen molar-refractivity contribution < 1.29 is 4.84 Å². The van der Waals surface area contributed by atoms with Crippen LogP contribution >= 0.6 is 0 Å². The van der Waals surface area contributed by atoms with Crippen molar-refractivity contribution >= 4 is 6.21 Å². The summed E-state index contributed by atoms with van der Waals surface area (Å²) in [5, 5.41) is 3.40. The molecule has 0 aliphatic carbocycles. The lowest BCUT2D eigenvalue weighted by Crippen LogP contribution is -1.60. The first-order valence-electron chi connectivity index (χ1n) is 1.49. The summed E-state index contributed by atoms with van der Waals surface area (Å²) in [7, 11) is 0. The van der Waals surface area contributed by atoms with Crippen molar-refractivity contribution in [1.82, 2.24) is 0 Å². The first-order chi connectivity index (χ1) is 2.50. The minimum Gasteiger partial charge on any atom is -0.388 e. The predicted molar refractivity (Wildman–Crippen MR) is 18.5 cm³/mol. The van der Waals surface area contributed by atoms with E-state index < -0.39 is 0 Å². The average Bonchev–Trinajstić information content (AvgIpc) is 1.76. The first-order valence-corrected chi connectivity index (χ1v) is 1.49. The van der Waals surface area contributed by atoms with Crippen LogP contribution in [-0.4, -0.2) is 6.21 Å². The van der Waals surface area contributed by atoms with Crippen molar-refractivity contribution in [2.24, 2.45) is 5.16 Å². The molecule has 1 heterocycles. The summed E-state index contributed by atoms with van der Waals surface area (Å²) in [5.74, 6) is 0. The van der Waals surface area contributed by atoms with Gasteiger partial charge in [-0.05, 0) is 0 Å². The maximum Gasteiger partial charge on any atom is 0.172 e. The molecule has 1 rings (SSSR count). The first kappa shape index (κ1) is 2.69. The molecule has 0 saturated heterocycles. The molecule has 1 aliphatic rings. The van der Waals surface area contributed by atoms with Crippen molar-refractivity contribution in [2.45, 2.75) is 6.42 Å². The Morgan fingerprint density at radius 3 is 3.00 bits per heavy atom. The van der Waals surface area contributed by atoms with Crippen LogP contribution in [0.25, 0.3) is 0 Å². The van der Waals surface area contributed by atoms with Crippen LogP contribution in [0.1, 0.15) is 6.42 Å². The molecule has 0 aromatic carbocycles. The molecule has 27 valence electrons. The second-order valence-corrected chi connectivity index (χ2v) is 0.796. The van der Waals surface area contributed by atoms with Crippen LogP contribution in [0.3, 0.4) is 0 Å². The quantitative estimate of drug-likeness (QED) is 0.408. The number of oxime groups is 1. The molecule has 5 heavy (non-hydrogen) atoms. The van der Waals surface area contributed by atoms with E-state index in [9.17, 15) is 0 Å². The fourth-order valence-corrected chi connectivity index (χ4v) is 0.215. The third-order valence-corrected chi connectivity index (χ3v) is 0.412. The Morgan fingerprint density at radius 2 is 2.80 bits per heavy atom. The minimum atomic E-state index is 0.861. The molecular weight excluding hydrogens is 66.0 g/mol. The highest BCUT2D eigenvalue weighted by atomic mass is 16.6. The standard InChI is InChI=1S/C3H4NO/c1-2-4-5-3-1/h2-3H,1H2. The third-order valence-electron chi connectivity index (χ3n) is 0.412. The Bertz CT molecular complexity index is 44.9. The zero-order chi connectivity index (χ0) is 3.54. The molecule has 0 atom stereocenters. The SMILES string of the molecule is [CH]1CC=NO1. The number of nitrogens with zero attached hydrogens (tertiary/aromatic N) is 1. The zero-order valence-corrected chi connectivity index (χ0v) is 2.72. The van der Waals surface area contributed by atoms with Crippen molar-refractivity contribution in [1.29, 1.82) is 0 Å². The zero-order valence-electron chi connectivity index (χ0n) is 2.72. The molecule has 0 aromatic rings. The van der Waals surface area contributed by atoms with Gasteiger partial charge in [-0.1, -0.05) is 5.16 Å². The van der Waals surface area contributed by atoms with Gasteiger partial charge >= 0.3 is 0 Å². The Balaban J connectivity index is 2.32. The Morgan fingerprint density at radius 1 is 1.80 bits per heavy atom. The molecule has 2 nitrogen and oxygen atoms in total. The maximum atomic E-state index is 4.39. The molecule has 1 radical (unpaired) electrons. The normalized spacial score (nSPS) is 19.2. The molecule has 2 heteroatoms. The maximum absolute atomic E-state index is 4.39. The molecule has 0 bridgehead atoms. The van der Waals surface area contributed by atoms with Gasteiger partial charge in [0, 0.05) is 12.6 Å². The smallest absolute Gasteiger partial charge is 0.172 e. The van der Waals surface area contributed by atoms with Gasteiger partial charge in [0.05, 0.1) is 0 Å². The van der Waals surface area contributed by atoms with Crippen LogP contribution in [0, 0.1) is 6.61 Å². The van der Waals surface area contributed by atoms with Crippen molar-refractivity contribution in [3.05, 3.63) is 6.61 Å². The molecule has 0 spiro atoms. The average molecular weight is 70.1 g/mol. The Kier molecular flexibility index (Phi) is 0.571. The second kappa shape index (κ2) is 1.06. The van der Waals surface area contributed by atoms with E-state index in [2.05, 4.69) is 9.99 Å². The van der Waals surface area contributed by atoms with E-state index in [-0.39, 0.29) is 0 Å². The summed E-state index contributed by atoms with van der Waals surface area (Å²) < 4.78 is 0. The van der Waals surface area contributed by atoms with E-state index in [1.807, 2.05) is 0 Å². The monoisotopic (exact) mass is 70.0 g/mol. The van der Waals surface area contributed by atoms with Crippen LogP contribution in [-0.2, 0) is 4.84 Å². The van der Waals surface area contributed by atoms with Gasteiger partial charge < -0.3 is 4.84 Å². The molecule has 1 aliphatic heterocycles. The highest BCUT2D eigenvalue weighted by Crippen LogP contribution is 1.93. The van der Waals surface area contributed by atoms with Crippen LogP contribution in [0.5, 0.6) is 0 Å². The van der Waals surface area contributed by atoms with Gasteiger partial charge in [-0.15, -0.1) is 0 Å². The van der Waals surface area contributed by atoms with Gasteiger partial charge in [0.25, 0.3) is 0 Å². The summed E-state index contributed by atoms with van der Waals surface area (Å²) in [4.78, 5) is 4.39. The summed E-state index contributed by atoms with van der Waals surface area (Å²) in [6, 6.07) is 0. The van der Waals surface area contributed by atoms with E-state index in [0.29, 0.717) is 0 Å². The van der Waals surface area contributed by atoms with Gasteiger partial charge in [-0.3, -0.25) is 0 Å². The largest absolute Gasteiger partial charge is 0.388 e. The van der Waals surface area contributed by atoms with Gasteiger partial charge in [-0.2, -0.15) is 0 Å². The van der Waals surface area contributed by atoms with E-state index in [4.69, 9.17) is 0 Å². The highest BCUT2D eigenvalue weighted by Gasteiger charge is 1.87. The van der Waals surface area contributed by atoms with E-state index in [0.717, 1.165) is 6.42 Å². The summed E-state index contributed by atoms with van der Waals surface area (Å²) in [6.45, 7) is 1.64. The minimum absolute atomic E-state index is 0.861. The van der Waals surface area contributed by atoms with E-state index >= 15 is 0 Å². The van der Waals surface area contributed by atoms with Crippen molar-refractivity contribution in [2.75, 3.05) is 0 Å². The molecule has 0 saturated carbocycles. The van der Waals surface area contributed by atoms with Gasteiger partial charge in [0.2, 0.25) is 0 Å². The molecule has 0 N–H and O–H groups in total. The van der Waals surface area contributed by atoms with Crippen molar-refractivity contribution in [3.63, 3.8) is 0 Å². The number of hydrogen-bond acceptors (Lipinski definition) is 2. The summed E-state index contributed by atoms with van der Waals surface area (Å²) in [6.07, 6.45) is 2.57. The molecular formula is C3H4NO. The number of hydrogen-bond donors (Lipinski definition) is 0. The van der Waals surface area contributed by atoms with Crippen molar-refractivity contribution in [3.8, 4) is 0 Å². The molecule has 0 fully saturated rings. The Labute approximate surface area is 30.4 Å². The van der Waals surface area contributed by atoms with E-state index in [1.165, 1.54) is 0 Å². The summed E-state index contributed by atoms with van der Waals surface area (Å²) >= 11 is 0. The van der Waals surface area contributed by atoms with Gasteiger partial charge in [0.1, 0.15) is 0 Å². The fraction of sp³-hybridized carbons (Fsp3) is 0.333. The van der Waals surface area contributed by atoms with Crippen LogP contribution in [0.4, 0.5) is 0 Å². The van der Waals surface area contributed by atoms with Crippen LogP contribution in [0.15, 0.2) is 5.16 Å². The lowest BCUT2D eigenvalue weighted by Gasteiger charge is -1.74. The topological polar surface area (TPSA) is 21.6 Å². The van der Waals surface area contributed by atoms with Crippen LogP contribution < -0.4 is 0 Å². The lowest BCUT2D eigenvalue weighted by atomic mass is 10.5.